The summed E-state index contributed by atoms with van der Waals surface area (Å²) in [6.07, 6.45) is 1.78. The summed E-state index contributed by atoms with van der Waals surface area (Å²) in [6, 6.07) is 17.2. The normalized spacial score (nSPS) is 18.4. The van der Waals surface area contributed by atoms with E-state index < -0.39 is 10.2 Å². The van der Waals surface area contributed by atoms with Gasteiger partial charge in [-0.05, 0) is 55.0 Å². The van der Waals surface area contributed by atoms with Gasteiger partial charge in [0.15, 0.2) is 0 Å². The minimum absolute atomic E-state index is 0.153. The van der Waals surface area contributed by atoms with Crippen LogP contribution in [0.2, 0.25) is 0 Å². The fourth-order valence-electron chi connectivity index (χ4n) is 4.37. The van der Waals surface area contributed by atoms with Crippen molar-refractivity contribution < 1.29 is 17.9 Å². The van der Waals surface area contributed by atoms with Crippen LogP contribution in [0.15, 0.2) is 54.7 Å². The number of nitrogens with zero attached hydrogens (tertiary/aromatic N) is 5. The molecule has 37 heavy (non-hydrogen) atoms. The van der Waals surface area contributed by atoms with Gasteiger partial charge in [0.05, 0.1) is 31.0 Å². The quantitative estimate of drug-likeness (QED) is 0.478. The second-order valence-electron chi connectivity index (χ2n) is 8.79. The van der Waals surface area contributed by atoms with Crippen LogP contribution in [0, 0.1) is 11.3 Å². The summed E-state index contributed by atoms with van der Waals surface area (Å²) in [6.45, 7) is 3.66. The molecule has 5 rings (SSSR count). The molecule has 2 aliphatic rings. The summed E-state index contributed by atoms with van der Waals surface area (Å²) in [5.74, 6) is 0.824. The van der Waals surface area contributed by atoms with E-state index in [1.54, 1.807) is 24.4 Å². The maximum atomic E-state index is 11.6. The summed E-state index contributed by atoms with van der Waals surface area (Å²) < 4.78 is 35.6. The number of benzene rings is 2. The van der Waals surface area contributed by atoms with E-state index in [-0.39, 0.29) is 19.2 Å². The number of anilines is 3. The fraction of sp³-hybridized carbons (Fsp3) is 0.320. The summed E-state index contributed by atoms with van der Waals surface area (Å²) in [4.78, 5) is 11.2. The first kappa shape index (κ1) is 24.9. The van der Waals surface area contributed by atoms with Crippen LogP contribution in [0.5, 0.6) is 5.75 Å². The fourth-order valence-corrected chi connectivity index (χ4v) is 5.10. The van der Waals surface area contributed by atoms with Gasteiger partial charge < -0.3 is 19.7 Å². The highest BCUT2D eigenvalue weighted by atomic mass is 32.2. The maximum Gasteiger partial charge on any atom is 0.277 e. The zero-order chi connectivity index (χ0) is 25.8. The van der Waals surface area contributed by atoms with Gasteiger partial charge in [-0.25, -0.2) is 15.1 Å². The lowest BCUT2D eigenvalue weighted by molar-refractivity contribution is 0.122. The van der Waals surface area contributed by atoms with Gasteiger partial charge in [0.1, 0.15) is 17.9 Å². The number of morpholine rings is 1. The average molecular weight is 522 g/mol. The Morgan fingerprint density at radius 3 is 2.59 bits per heavy atom. The Kier molecular flexibility index (Phi) is 7.20. The molecule has 3 aromatic rings. The van der Waals surface area contributed by atoms with Gasteiger partial charge in [-0.3, -0.25) is 0 Å². The van der Waals surface area contributed by atoms with Crippen LogP contribution in [0.4, 0.5) is 17.3 Å². The molecule has 1 unspecified atom stereocenters. The van der Waals surface area contributed by atoms with Crippen molar-refractivity contribution in [3.8, 4) is 23.1 Å². The van der Waals surface area contributed by atoms with Gasteiger partial charge in [-0.2, -0.15) is 18.0 Å². The smallest absolute Gasteiger partial charge is 0.277 e. The molecule has 1 atom stereocenters. The SMILES string of the molecule is N#Cc1cc(-c2ccnc(Nc3ccc(N4CCOCC4)cc3)n2)ccc1OC1CCN(S(N)(=O)=O)C1. The van der Waals surface area contributed by atoms with Crippen molar-refractivity contribution >= 4 is 27.5 Å². The number of rotatable bonds is 7. The molecule has 12 heteroatoms. The van der Waals surface area contributed by atoms with Crippen LogP contribution in [0.3, 0.4) is 0 Å². The van der Waals surface area contributed by atoms with Crippen molar-refractivity contribution in [2.75, 3.05) is 49.6 Å². The summed E-state index contributed by atoms with van der Waals surface area (Å²) in [5.41, 5.74) is 3.71. The summed E-state index contributed by atoms with van der Waals surface area (Å²) >= 11 is 0. The molecular formula is C25H27N7O4S. The van der Waals surface area contributed by atoms with Crippen LogP contribution in [-0.4, -0.2) is 68.2 Å². The topological polar surface area (TPSA) is 147 Å². The Balaban J connectivity index is 1.27. The Bertz CT molecular complexity index is 1400. The van der Waals surface area contributed by atoms with E-state index in [4.69, 9.17) is 14.6 Å². The standard InChI is InChI=1S/C25H27N7O4S/c26-16-19-15-18(1-6-24(19)36-22-8-10-32(17-22)37(27,33)34)23-7-9-28-25(30-23)29-20-2-4-21(5-3-20)31-11-13-35-14-12-31/h1-7,9,15,22H,8,10-14,17H2,(H2,27,33,34)(H,28,29,30). The van der Waals surface area contributed by atoms with Crippen LogP contribution < -0.4 is 20.1 Å². The monoisotopic (exact) mass is 521 g/mol. The molecule has 0 radical (unpaired) electrons. The number of aromatic nitrogens is 2. The van der Waals surface area contributed by atoms with Gasteiger partial charge in [0, 0.05) is 42.8 Å². The molecule has 2 aliphatic heterocycles. The number of nitrogens with one attached hydrogen (secondary N) is 1. The highest BCUT2D eigenvalue weighted by Gasteiger charge is 2.30. The number of ether oxygens (including phenoxy) is 2. The zero-order valence-corrected chi connectivity index (χ0v) is 20.9. The van der Waals surface area contributed by atoms with Crippen molar-refractivity contribution in [2.24, 2.45) is 5.14 Å². The molecule has 0 amide bonds. The average Bonchev–Trinajstić information content (AvgIpc) is 3.39. The van der Waals surface area contributed by atoms with E-state index in [0.717, 1.165) is 43.2 Å². The molecule has 2 aromatic carbocycles. The number of nitriles is 1. The molecular weight excluding hydrogens is 494 g/mol. The predicted octanol–water partition coefficient (Wildman–Crippen LogP) is 2.25. The second-order valence-corrected chi connectivity index (χ2v) is 10.3. The minimum atomic E-state index is -3.76. The van der Waals surface area contributed by atoms with Crippen LogP contribution in [-0.2, 0) is 14.9 Å². The molecule has 0 spiro atoms. The third-order valence-corrected chi connectivity index (χ3v) is 7.36. The summed E-state index contributed by atoms with van der Waals surface area (Å²) in [7, 11) is -3.76. The lowest BCUT2D eigenvalue weighted by Crippen LogP contribution is -2.36. The second kappa shape index (κ2) is 10.7. The summed E-state index contributed by atoms with van der Waals surface area (Å²) in [5, 5.41) is 18.1. The van der Waals surface area contributed by atoms with Crippen LogP contribution in [0.25, 0.3) is 11.3 Å². The predicted molar refractivity (Wildman–Crippen MR) is 139 cm³/mol. The number of hydrogen-bond acceptors (Lipinski definition) is 9. The van der Waals surface area contributed by atoms with Gasteiger partial charge in [0.2, 0.25) is 5.95 Å². The van der Waals surface area contributed by atoms with Crippen molar-refractivity contribution in [3.05, 3.63) is 60.3 Å². The first-order valence-electron chi connectivity index (χ1n) is 11.9. The lowest BCUT2D eigenvalue weighted by atomic mass is 10.1. The number of hydrogen-bond donors (Lipinski definition) is 2. The van der Waals surface area contributed by atoms with Gasteiger partial charge >= 0.3 is 0 Å². The van der Waals surface area contributed by atoms with E-state index in [1.165, 1.54) is 4.31 Å². The third-order valence-electron chi connectivity index (χ3n) is 6.31. The Hall–Kier alpha value is -3.76. The van der Waals surface area contributed by atoms with Gasteiger partial charge in [0.25, 0.3) is 10.2 Å². The van der Waals surface area contributed by atoms with E-state index in [9.17, 15) is 13.7 Å². The first-order chi connectivity index (χ1) is 17.9. The highest BCUT2D eigenvalue weighted by Crippen LogP contribution is 2.29. The van der Waals surface area contributed by atoms with Crippen molar-refractivity contribution in [1.29, 1.82) is 5.26 Å². The van der Waals surface area contributed by atoms with Crippen LogP contribution in [0.1, 0.15) is 12.0 Å². The molecule has 192 valence electrons. The van der Waals surface area contributed by atoms with Crippen molar-refractivity contribution in [2.45, 2.75) is 12.5 Å². The molecule has 11 nitrogen and oxygen atoms in total. The lowest BCUT2D eigenvalue weighted by Gasteiger charge is -2.28. The Morgan fingerprint density at radius 2 is 1.89 bits per heavy atom. The molecule has 1 aromatic heterocycles. The van der Waals surface area contributed by atoms with Gasteiger partial charge in [-0.1, -0.05) is 0 Å². The van der Waals surface area contributed by atoms with E-state index in [0.29, 0.717) is 29.4 Å². The first-order valence-corrected chi connectivity index (χ1v) is 13.4. The minimum Gasteiger partial charge on any atom is -0.488 e. The molecule has 3 heterocycles. The molecule has 2 saturated heterocycles. The van der Waals surface area contributed by atoms with Gasteiger partial charge in [-0.15, -0.1) is 0 Å². The van der Waals surface area contributed by atoms with E-state index in [1.807, 2.05) is 18.2 Å². The molecule has 0 bridgehead atoms. The Morgan fingerprint density at radius 1 is 1.11 bits per heavy atom. The molecule has 2 fully saturated rings. The largest absolute Gasteiger partial charge is 0.488 e. The molecule has 3 N–H and O–H groups in total. The number of nitrogens with two attached hydrogens (primary N) is 1. The van der Waals surface area contributed by atoms with Crippen LogP contribution >= 0.6 is 0 Å². The molecule has 0 aliphatic carbocycles. The van der Waals surface area contributed by atoms with Crippen molar-refractivity contribution in [1.82, 2.24) is 14.3 Å². The Labute approximate surface area is 215 Å². The molecule has 0 saturated carbocycles. The zero-order valence-electron chi connectivity index (χ0n) is 20.1. The highest BCUT2D eigenvalue weighted by molar-refractivity contribution is 7.86. The van der Waals surface area contributed by atoms with E-state index in [2.05, 4.69) is 38.4 Å². The third kappa shape index (κ3) is 5.98. The maximum absolute atomic E-state index is 11.6. The van der Waals surface area contributed by atoms with E-state index >= 15 is 0 Å². The van der Waals surface area contributed by atoms with Crippen molar-refractivity contribution in [3.63, 3.8) is 0 Å².